The van der Waals surface area contributed by atoms with Gasteiger partial charge in [0, 0.05) is 0 Å². The summed E-state index contributed by atoms with van der Waals surface area (Å²) >= 11 is -0.409. The van der Waals surface area contributed by atoms with Crippen LogP contribution in [-0.2, 0) is 4.79 Å². The van der Waals surface area contributed by atoms with E-state index < -0.39 is 22.9 Å². The molecule has 0 aromatic rings. The number of rotatable bonds is 2. The van der Waals surface area contributed by atoms with Crippen molar-refractivity contribution in [2.75, 3.05) is 0 Å². The Bertz CT molecular complexity index is 334. The molecule has 102 valence electrons. The summed E-state index contributed by atoms with van der Waals surface area (Å²) in [7, 11) is 0. The van der Waals surface area contributed by atoms with E-state index in [0.717, 1.165) is 19.3 Å². The number of alkyl halides is 3. The fraction of sp³-hybridized carbons (Fsp3) is 0.917. The Balaban J connectivity index is 1.69. The zero-order chi connectivity index (χ0) is 13.0. The number of carbonyl (C=O) groups is 1. The second-order valence-corrected chi connectivity index (χ2v) is 7.05. The van der Waals surface area contributed by atoms with Crippen molar-refractivity contribution in [3.8, 4) is 0 Å². The third-order valence-corrected chi connectivity index (χ3v) is 5.30. The predicted octanol–water partition coefficient (Wildman–Crippen LogP) is 3.49. The minimum absolute atomic E-state index is 0.385. The molecule has 0 radical (unpaired) electrons. The van der Waals surface area contributed by atoms with Gasteiger partial charge in [-0.3, -0.25) is 9.52 Å². The maximum Gasteiger partial charge on any atom is 0.461 e. The third-order valence-electron chi connectivity index (χ3n) is 4.78. The Morgan fingerprint density at radius 1 is 1.06 bits per heavy atom. The van der Waals surface area contributed by atoms with Gasteiger partial charge < -0.3 is 0 Å². The van der Waals surface area contributed by atoms with E-state index in [1.54, 1.807) is 0 Å². The molecule has 0 aromatic heterocycles. The average Bonchev–Trinajstić information content (AvgIpc) is 2.22. The van der Waals surface area contributed by atoms with Crippen LogP contribution in [0.25, 0.3) is 0 Å². The lowest BCUT2D eigenvalue weighted by molar-refractivity contribution is -0.144. The Morgan fingerprint density at radius 3 is 1.89 bits per heavy atom. The van der Waals surface area contributed by atoms with Crippen molar-refractivity contribution in [3.63, 3.8) is 0 Å². The van der Waals surface area contributed by atoms with Crippen LogP contribution in [0.3, 0.4) is 0 Å². The van der Waals surface area contributed by atoms with Crippen LogP contribution in [0.4, 0.5) is 13.2 Å². The fourth-order valence-electron chi connectivity index (χ4n) is 4.60. The van der Waals surface area contributed by atoms with E-state index in [9.17, 15) is 18.0 Å². The first-order chi connectivity index (χ1) is 8.36. The lowest BCUT2D eigenvalue weighted by atomic mass is 9.49. The van der Waals surface area contributed by atoms with Crippen molar-refractivity contribution in [1.29, 1.82) is 0 Å². The molecule has 0 unspecified atom stereocenters. The molecular formula is C12H16F3NOS. The smallest absolute Gasteiger partial charge is 0.292 e. The summed E-state index contributed by atoms with van der Waals surface area (Å²) in [5, 5.41) is 0. The highest BCUT2D eigenvalue weighted by atomic mass is 32.2. The van der Waals surface area contributed by atoms with E-state index >= 15 is 0 Å². The number of hydrogen-bond donors (Lipinski definition) is 1. The Hall–Kier alpha value is -0.390. The van der Waals surface area contributed by atoms with Crippen LogP contribution < -0.4 is 4.72 Å². The molecule has 0 aromatic carbocycles. The maximum absolute atomic E-state index is 12.1. The molecule has 4 rings (SSSR count). The number of carbonyl (C=O) groups excluding carboxylic acids is 1. The molecule has 4 aliphatic rings. The average molecular weight is 279 g/mol. The topological polar surface area (TPSA) is 29.1 Å². The second kappa shape index (κ2) is 4.05. The minimum Gasteiger partial charge on any atom is -0.292 e. The van der Waals surface area contributed by atoms with Crippen molar-refractivity contribution in [1.82, 2.24) is 4.72 Å². The minimum atomic E-state index is -4.39. The van der Waals surface area contributed by atoms with E-state index in [0.29, 0.717) is 17.8 Å². The molecule has 1 amide bonds. The van der Waals surface area contributed by atoms with Crippen molar-refractivity contribution in [3.05, 3.63) is 0 Å². The van der Waals surface area contributed by atoms with Crippen LogP contribution in [0, 0.1) is 23.2 Å². The molecule has 0 saturated heterocycles. The molecule has 2 nitrogen and oxygen atoms in total. The maximum atomic E-state index is 12.1. The first kappa shape index (κ1) is 12.6. The molecular weight excluding hydrogens is 263 g/mol. The predicted molar refractivity (Wildman–Crippen MR) is 62.4 cm³/mol. The summed E-state index contributed by atoms with van der Waals surface area (Å²) in [6, 6.07) is 0. The van der Waals surface area contributed by atoms with Crippen molar-refractivity contribution in [2.24, 2.45) is 23.2 Å². The lowest BCUT2D eigenvalue weighted by Crippen LogP contribution is -2.52. The van der Waals surface area contributed by atoms with Crippen LogP contribution in [0.5, 0.6) is 0 Å². The van der Waals surface area contributed by atoms with Gasteiger partial charge in [-0.25, -0.2) is 0 Å². The number of nitrogens with one attached hydrogen (secondary N) is 1. The van der Waals surface area contributed by atoms with Gasteiger partial charge in [0.25, 0.3) is 0 Å². The summed E-state index contributed by atoms with van der Waals surface area (Å²) in [5.74, 6) is 1.32. The summed E-state index contributed by atoms with van der Waals surface area (Å²) in [6.07, 6.45) is 5.92. The quantitative estimate of drug-likeness (QED) is 0.784. The van der Waals surface area contributed by atoms with E-state index in [2.05, 4.69) is 0 Å². The molecule has 18 heavy (non-hydrogen) atoms. The summed E-state index contributed by atoms with van der Waals surface area (Å²) in [5.41, 5.74) is -4.88. The van der Waals surface area contributed by atoms with Crippen LogP contribution in [0.1, 0.15) is 38.5 Å². The van der Waals surface area contributed by atoms with Crippen molar-refractivity contribution in [2.45, 2.75) is 44.0 Å². The molecule has 4 bridgehead atoms. The molecule has 0 heterocycles. The van der Waals surface area contributed by atoms with Crippen LogP contribution in [0.15, 0.2) is 0 Å². The molecule has 0 aliphatic heterocycles. The fourth-order valence-corrected chi connectivity index (χ4v) is 5.03. The standard InChI is InChI=1S/C12H16F3NOS/c13-12(14,15)18-16-10(17)11-4-7-1-8(5-11)3-9(2-7)6-11/h7-9H,1-6H2,(H,16,17). The highest BCUT2D eigenvalue weighted by Gasteiger charge is 2.55. The van der Waals surface area contributed by atoms with Gasteiger partial charge in [0.05, 0.1) is 17.4 Å². The SMILES string of the molecule is O=C(NSC(F)(F)F)C12CC3CC(CC(C3)C1)C2. The van der Waals surface area contributed by atoms with Crippen LogP contribution in [0.2, 0.25) is 0 Å². The van der Waals surface area contributed by atoms with Gasteiger partial charge in [-0.1, -0.05) is 0 Å². The number of hydrogen-bond acceptors (Lipinski definition) is 2. The van der Waals surface area contributed by atoms with E-state index in [-0.39, 0.29) is 5.91 Å². The van der Waals surface area contributed by atoms with Gasteiger partial charge in [-0.2, -0.15) is 13.2 Å². The first-order valence-electron chi connectivity index (χ1n) is 6.41. The van der Waals surface area contributed by atoms with Gasteiger partial charge in [-0.05, 0) is 56.3 Å². The normalized spacial score (nSPS) is 42.1. The summed E-state index contributed by atoms with van der Waals surface area (Å²) in [4.78, 5) is 12.1. The van der Waals surface area contributed by atoms with Crippen LogP contribution in [-0.4, -0.2) is 11.4 Å². The van der Waals surface area contributed by atoms with Gasteiger partial charge in [0.2, 0.25) is 5.91 Å². The Kier molecular flexibility index (Phi) is 2.84. The van der Waals surface area contributed by atoms with Gasteiger partial charge in [-0.15, -0.1) is 0 Å². The Morgan fingerprint density at radius 2 is 1.50 bits per heavy atom. The molecule has 4 fully saturated rings. The third kappa shape index (κ3) is 2.24. The zero-order valence-electron chi connectivity index (χ0n) is 9.93. The highest BCUT2D eigenvalue weighted by Crippen LogP contribution is 2.60. The highest BCUT2D eigenvalue weighted by molar-refractivity contribution is 7.98. The molecule has 4 aliphatic carbocycles. The molecule has 0 spiro atoms. The second-order valence-electron chi connectivity index (χ2n) is 6.18. The van der Waals surface area contributed by atoms with E-state index in [4.69, 9.17) is 0 Å². The van der Waals surface area contributed by atoms with Crippen LogP contribution >= 0.6 is 11.9 Å². The Labute approximate surface area is 108 Å². The molecule has 4 saturated carbocycles. The van der Waals surface area contributed by atoms with Gasteiger partial charge in [0.1, 0.15) is 0 Å². The van der Waals surface area contributed by atoms with Crippen molar-refractivity contribution >= 4 is 17.9 Å². The van der Waals surface area contributed by atoms with E-state index in [1.807, 2.05) is 4.72 Å². The molecule has 1 N–H and O–H groups in total. The summed E-state index contributed by atoms with van der Waals surface area (Å²) < 4.78 is 38.4. The summed E-state index contributed by atoms with van der Waals surface area (Å²) in [6.45, 7) is 0. The number of amides is 1. The molecule has 0 atom stereocenters. The monoisotopic (exact) mass is 279 g/mol. The van der Waals surface area contributed by atoms with E-state index in [1.165, 1.54) is 19.3 Å². The van der Waals surface area contributed by atoms with Crippen molar-refractivity contribution < 1.29 is 18.0 Å². The van der Waals surface area contributed by atoms with Gasteiger partial charge >= 0.3 is 5.51 Å². The zero-order valence-corrected chi connectivity index (χ0v) is 10.7. The lowest BCUT2D eigenvalue weighted by Gasteiger charge is -2.55. The number of halogens is 3. The molecule has 6 heteroatoms. The first-order valence-corrected chi connectivity index (χ1v) is 7.23. The largest absolute Gasteiger partial charge is 0.461 e. The van der Waals surface area contributed by atoms with Gasteiger partial charge in [0.15, 0.2) is 0 Å².